The molecule has 11 heteroatoms. The smallest absolute Gasteiger partial charge is 0.340 e. The summed E-state index contributed by atoms with van der Waals surface area (Å²) in [6.07, 6.45) is 0. The first-order chi connectivity index (χ1) is 14.7. The first-order valence-electron chi connectivity index (χ1n) is 9.40. The number of nitrogens with one attached hydrogen (secondary N) is 3. The van der Waals surface area contributed by atoms with Crippen molar-refractivity contribution >= 4 is 29.6 Å². The van der Waals surface area contributed by atoms with Crippen molar-refractivity contribution < 1.29 is 38.1 Å². The molecule has 1 atom stereocenters. The average molecular weight is 435 g/mol. The standard InChI is InChI=1S/C20H25N3O8/c1-6-30-19(26)17-10(2)21-20(27)23-14(17)9-31-18(25)12-7-15(28-4)16(29-5)8-13(12)22-11(3)24/h7-8,10H,6,9H2,1-5H3,(H,22,24)(H2,21,23,27). The van der Waals surface area contributed by atoms with Gasteiger partial charge in [0.15, 0.2) is 11.5 Å². The van der Waals surface area contributed by atoms with Gasteiger partial charge in [0.05, 0.1) is 49.4 Å². The maximum atomic E-state index is 12.8. The van der Waals surface area contributed by atoms with Gasteiger partial charge in [-0.2, -0.15) is 0 Å². The van der Waals surface area contributed by atoms with Crippen LogP contribution in [0, 0.1) is 0 Å². The van der Waals surface area contributed by atoms with Crippen LogP contribution in [-0.2, 0) is 19.1 Å². The Kier molecular flexibility index (Phi) is 7.83. The van der Waals surface area contributed by atoms with Crippen LogP contribution in [0.3, 0.4) is 0 Å². The predicted octanol–water partition coefficient (Wildman–Crippen LogP) is 1.34. The quantitative estimate of drug-likeness (QED) is 0.520. The SMILES string of the molecule is CCOC(=O)C1=C(COC(=O)c2cc(OC)c(OC)cc2NC(C)=O)NC(=O)NC1C. The number of anilines is 1. The van der Waals surface area contributed by atoms with Crippen molar-refractivity contribution in [2.24, 2.45) is 0 Å². The van der Waals surface area contributed by atoms with Crippen LogP contribution in [0.15, 0.2) is 23.4 Å². The van der Waals surface area contributed by atoms with E-state index in [0.29, 0.717) is 5.75 Å². The van der Waals surface area contributed by atoms with Crippen molar-refractivity contribution in [1.29, 1.82) is 0 Å². The van der Waals surface area contributed by atoms with Crippen LogP contribution in [0.25, 0.3) is 0 Å². The van der Waals surface area contributed by atoms with Gasteiger partial charge in [0.25, 0.3) is 0 Å². The van der Waals surface area contributed by atoms with Crippen LogP contribution >= 0.6 is 0 Å². The van der Waals surface area contributed by atoms with E-state index in [9.17, 15) is 19.2 Å². The molecule has 3 N–H and O–H groups in total. The number of carbonyl (C=O) groups is 4. The molecule has 0 saturated heterocycles. The maximum Gasteiger partial charge on any atom is 0.340 e. The molecule has 0 saturated carbocycles. The molecule has 1 heterocycles. The van der Waals surface area contributed by atoms with Gasteiger partial charge < -0.3 is 34.9 Å². The summed E-state index contributed by atoms with van der Waals surface area (Å²) in [6.45, 7) is 4.28. The highest BCUT2D eigenvalue weighted by molar-refractivity contribution is 6.02. The molecule has 1 aliphatic heterocycles. The highest BCUT2D eigenvalue weighted by Gasteiger charge is 2.30. The second-order valence-electron chi connectivity index (χ2n) is 6.44. The van der Waals surface area contributed by atoms with Gasteiger partial charge in [-0.3, -0.25) is 4.79 Å². The minimum atomic E-state index is -0.819. The number of hydrogen-bond acceptors (Lipinski definition) is 8. The minimum absolute atomic E-state index is 0.000515. The van der Waals surface area contributed by atoms with Gasteiger partial charge in [-0.25, -0.2) is 14.4 Å². The minimum Gasteiger partial charge on any atom is -0.493 e. The van der Waals surface area contributed by atoms with E-state index in [4.69, 9.17) is 18.9 Å². The number of carbonyl (C=O) groups excluding carboxylic acids is 4. The number of rotatable bonds is 8. The third-order valence-electron chi connectivity index (χ3n) is 4.27. The number of amides is 3. The normalized spacial score (nSPS) is 15.4. The lowest BCUT2D eigenvalue weighted by Gasteiger charge is -2.26. The van der Waals surface area contributed by atoms with Gasteiger partial charge in [-0.1, -0.05) is 0 Å². The summed E-state index contributed by atoms with van der Waals surface area (Å²) in [5, 5.41) is 7.55. The Balaban J connectivity index is 2.35. The highest BCUT2D eigenvalue weighted by Crippen LogP contribution is 2.34. The summed E-state index contributed by atoms with van der Waals surface area (Å²) in [7, 11) is 2.81. The Morgan fingerprint density at radius 3 is 2.29 bits per heavy atom. The molecule has 2 rings (SSSR count). The van der Waals surface area contributed by atoms with E-state index < -0.39 is 36.5 Å². The number of benzene rings is 1. The van der Waals surface area contributed by atoms with Gasteiger partial charge in [0.2, 0.25) is 5.91 Å². The Bertz CT molecular complexity index is 925. The summed E-state index contributed by atoms with van der Waals surface area (Å²) in [5.74, 6) is -1.32. The number of esters is 2. The molecule has 1 aliphatic rings. The van der Waals surface area contributed by atoms with E-state index in [2.05, 4.69) is 16.0 Å². The van der Waals surface area contributed by atoms with Crippen LogP contribution in [0.2, 0.25) is 0 Å². The number of hydrogen-bond donors (Lipinski definition) is 3. The van der Waals surface area contributed by atoms with Gasteiger partial charge in [-0.15, -0.1) is 0 Å². The van der Waals surface area contributed by atoms with Crippen molar-refractivity contribution in [3.8, 4) is 11.5 Å². The zero-order valence-electron chi connectivity index (χ0n) is 17.9. The summed E-state index contributed by atoms with van der Waals surface area (Å²) in [5.41, 5.74) is 0.394. The molecule has 3 amide bonds. The fraction of sp³-hybridized carbons (Fsp3) is 0.400. The van der Waals surface area contributed by atoms with Gasteiger partial charge in [-0.05, 0) is 13.8 Å². The summed E-state index contributed by atoms with van der Waals surface area (Å²) in [6, 6.07) is 1.60. The zero-order valence-corrected chi connectivity index (χ0v) is 17.9. The van der Waals surface area contributed by atoms with Crippen molar-refractivity contribution in [2.75, 3.05) is 32.8 Å². The molecule has 1 unspecified atom stereocenters. The predicted molar refractivity (Wildman–Crippen MR) is 109 cm³/mol. The molecule has 0 radical (unpaired) electrons. The average Bonchev–Trinajstić information content (AvgIpc) is 2.70. The summed E-state index contributed by atoms with van der Waals surface area (Å²) >= 11 is 0. The third kappa shape index (κ3) is 5.65. The van der Waals surface area contributed by atoms with E-state index in [1.54, 1.807) is 13.8 Å². The van der Waals surface area contributed by atoms with Crippen LogP contribution in [0.5, 0.6) is 11.5 Å². The molecule has 1 aromatic carbocycles. The number of methoxy groups -OCH3 is 2. The Labute approximate surface area is 179 Å². The van der Waals surface area contributed by atoms with Gasteiger partial charge >= 0.3 is 18.0 Å². The van der Waals surface area contributed by atoms with Crippen LogP contribution in [0.4, 0.5) is 10.5 Å². The molecule has 0 aromatic heterocycles. The molecule has 0 spiro atoms. The molecule has 0 bridgehead atoms. The Hall–Kier alpha value is -3.76. The van der Waals surface area contributed by atoms with E-state index in [-0.39, 0.29) is 34.9 Å². The van der Waals surface area contributed by atoms with Crippen LogP contribution < -0.4 is 25.4 Å². The first-order valence-corrected chi connectivity index (χ1v) is 9.40. The van der Waals surface area contributed by atoms with Gasteiger partial charge in [0, 0.05) is 19.1 Å². The summed E-state index contributed by atoms with van der Waals surface area (Å²) in [4.78, 5) is 48.4. The first kappa shape index (κ1) is 23.5. The maximum absolute atomic E-state index is 12.8. The largest absolute Gasteiger partial charge is 0.493 e. The van der Waals surface area contributed by atoms with Crippen molar-refractivity contribution in [1.82, 2.24) is 10.6 Å². The van der Waals surface area contributed by atoms with E-state index in [0.717, 1.165) is 0 Å². The molecular formula is C20H25N3O8. The second kappa shape index (κ2) is 10.3. The monoisotopic (exact) mass is 435 g/mol. The molecule has 31 heavy (non-hydrogen) atoms. The molecule has 0 aliphatic carbocycles. The lowest BCUT2D eigenvalue weighted by Crippen LogP contribution is -2.50. The summed E-state index contributed by atoms with van der Waals surface area (Å²) < 4.78 is 20.7. The van der Waals surface area contributed by atoms with E-state index in [1.165, 1.54) is 33.3 Å². The van der Waals surface area contributed by atoms with E-state index >= 15 is 0 Å². The van der Waals surface area contributed by atoms with Crippen molar-refractivity contribution in [3.63, 3.8) is 0 Å². The molecule has 168 valence electrons. The topological polar surface area (TPSA) is 141 Å². The van der Waals surface area contributed by atoms with Gasteiger partial charge in [0.1, 0.15) is 6.61 Å². The molecule has 1 aromatic rings. The Morgan fingerprint density at radius 1 is 1.06 bits per heavy atom. The Morgan fingerprint density at radius 2 is 1.71 bits per heavy atom. The zero-order chi connectivity index (χ0) is 23.1. The molecular weight excluding hydrogens is 410 g/mol. The third-order valence-corrected chi connectivity index (χ3v) is 4.27. The fourth-order valence-corrected chi connectivity index (χ4v) is 2.95. The van der Waals surface area contributed by atoms with Crippen molar-refractivity contribution in [2.45, 2.75) is 26.8 Å². The van der Waals surface area contributed by atoms with E-state index in [1.807, 2.05) is 0 Å². The molecule has 11 nitrogen and oxygen atoms in total. The highest BCUT2D eigenvalue weighted by atomic mass is 16.5. The number of ether oxygens (including phenoxy) is 4. The lowest BCUT2D eigenvalue weighted by atomic mass is 10.0. The number of urea groups is 1. The second-order valence-corrected chi connectivity index (χ2v) is 6.44. The fourth-order valence-electron chi connectivity index (χ4n) is 2.95. The van der Waals surface area contributed by atoms with Crippen molar-refractivity contribution in [3.05, 3.63) is 29.0 Å². The van der Waals surface area contributed by atoms with Crippen LogP contribution in [0.1, 0.15) is 31.1 Å². The van der Waals surface area contributed by atoms with Crippen LogP contribution in [-0.4, -0.2) is 57.4 Å². The molecule has 0 fully saturated rings. The lowest BCUT2D eigenvalue weighted by molar-refractivity contribution is -0.139.